The highest BCUT2D eigenvalue weighted by Crippen LogP contribution is 1.61. The van der Waals surface area contributed by atoms with E-state index >= 15 is 0 Å². The molecule has 0 aromatic carbocycles. The van der Waals surface area contributed by atoms with Crippen LogP contribution < -0.4 is 6.15 Å². The maximum absolute atomic E-state index is 9.54. The Morgan fingerprint density at radius 3 is 1.09 bits per heavy atom. The lowest BCUT2D eigenvalue weighted by atomic mass is 10.5. The van der Waals surface area contributed by atoms with Gasteiger partial charge in [0.25, 0.3) is 5.97 Å². The number of carbonyl (C=O) groups is 3. The lowest BCUT2D eigenvalue weighted by molar-refractivity contribution is -0.148. The largest absolute Gasteiger partial charge is 0.481 e. The summed E-state index contributed by atoms with van der Waals surface area (Å²) >= 11 is 0. The van der Waals surface area contributed by atoms with Crippen molar-refractivity contribution in [3.8, 4) is 0 Å². The van der Waals surface area contributed by atoms with E-state index in [1.54, 1.807) is 0 Å². The number of hydrogen-bond donors (Lipinski definition) is 3. The third kappa shape index (κ3) is 56.0. The molecule has 66 valence electrons. The van der Waals surface area contributed by atoms with Gasteiger partial charge in [-0.15, -0.1) is 0 Å². The molecule has 6 heteroatoms. The van der Waals surface area contributed by atoms with Crippen molar-refractivity contribution in [2.24, 2.45) is 0 Å². The fraction of sp³-hybridized carbons (Fsp3) is 0.400. The fourth-order valence-electron chi connectivity index (χ4n) is 0. The molecule has 11 heavy (non-hydrogen) atoms. The number of carbonyl (C=O) groups excluding carboxylic acids is 1. The van der Waals surface area contributed by atoms with E-state index in [1.807, 2.05) is 0 Å². The number of carboxylic acid groups (broad SMARTS) is 2. The van der Waals surface area contributed by atoms with E-state index in [9.17, 15) is 9.59 Å². The van der Waals surface area contributed by atoms with Crippen molar-refractivity contribution in [3.05, 3.63) is 0 Å². The van der Waals surface area contributed by atoms with Gasteiger partial charge >= 0.3 is 5.97 Å². The summed E-state index contributed by atoms with van der Waals surface area (Å²) in [4.78, 5) is 27.9. The first-order chi connectivity index (χ1) is 4.37. The topological polar surface area (TPSA) is 127 Å². The van der Waals surface area contributed by atoms with Crippen LogP contribution in [0, 0.1) is 0 Å². The SMILES string of the molecule is CC(=O)C(=O)O.CC(=O)O.N. The van der Waals surface area contributed by atoms with E-state index in [1.165, 1.54) is 0 Å². The maximum Gasteiger partial charge on any atom is 0.371 e. The molecule has 0 aliphatic carbocycles. The Morgan fingerprint density at radius 1 is 1.00 bits per heavy atom. The van der Waals surface area contributed by atoms with E-state index in [0.717, 1.165) is 13.8 Å². The van der Waals surface area contributed by atoms with Gasteiger partial charge in [0.15, 0.2) is 0 Å². The molecule has 0 fully saturated rings. The van der Waals surface area contributed by atoms with Crippen LogP contribution in [0.15, 0.2) is 0 Å². The van der Waals surface area contributed by atoms with E-state index in [4.69, 9.17) is 15.0 Å². The molecule has 0 aromatic rings. The van der Waals surface area contributed by atoms with Gasteiger partial charge in [-0.3, -0.25) is 9.59 Å². The first kappa shape index (κ1) is 16.3. The number of aliphatic carboxylic acids is 2. The molecule has 0 atom stereocenters. The first-order valence-electron chi connectivity index (χ1n) is 2.31. The third-order valence-electron chi connectivity index (χ3n) is 0.301. The quantitative estimate of drug-likeness (QED) is 0.466. The molecule has 0 unspecified atom stereocenters. The highest BCUT2D eigenvalue weighted by Gasteiger charge is 1.98. The number of carboxylic acids is 2. The van der Waals surface area contributed by atoms with Gasteiger partial charge in [0.05, 0.1) is 0 Å². The van der Waals surface area contributed by atoms with Gasteiger partial charge in [-0.2, -0.15) is 0 Å². The molecule has 0 heterocycles. The summed E-state index contributed by atoms with van der Waals surface area (Å²) in [6.45, 7) is 2.09. The molecular formula is C5H11NO5. The maximum atomic E-state index is 9.54. The third-order valence-corrected chi connectivity index (χ3v) is 0.301. The molecular weight excluding hydrogens is 154 g/mol. The van der Waals surface area contributed by atoms with Crippen molar-refractivity contribution in [2.75, 3.05) is 0 Å². The molecule has 0 radical (unpaired) electrons. The number of Topliss-reactive ketones (excluding diaryl/α,β-unsaturated/α-hetero) is 1. The van der Waals surface area contributed by atoms with Crippen LogP contribution in [-0.2, 0) is 14.4 Å². The Bertz CT molecular complexity index is 137. The summed E-state index contributed by atoms with van der Waals surface area (Å²) in [6.07, 6.45) is 0. The lowest BCUT2D eigenvalue weighted by Gasteiger charge is -1.73. The number of hydrogen-bond acceptors (Lipinski definition) is 4. The van der Waals surface area contributed by atoms with Crippen molar-refractivity contribution in [3.63, 3.8) is 0 Å². The molecule has 6 nitrogen and oxygen atoms in total. The molecule has 0 rings (SSSR count). The highest BCUT2D eigenvalue weighted by atomic mass is 16.4. The Labute approximate surface area is 63.4 Å². The normalized spacial score (nSPS) is 6.36. The van der Waals surface area contributed by atoms with Gasteiger partial charge in [-0.1, -0.05) is 0 Å². The lowest BCUT2D eigenvalue weighted by Crippen LogP contribution is -2.05. The second-order valence-corrected chi connectivity index (χ2v) is 1.38. The van der Waals surface area contributed by atoms with Crippen LogP contribution >= 0.6 is 0 Å². The van der Waals surface area contributed by atoms with Crippen molar-refractivity contribution in [1.29, 1.82) is 0 Å². The fourth-order valence-corrected chi connectivity index (χ4v) is 0. The smallest absolute Gasteiger partial charge is 0.371 e. The molecule has 5 N–H and O–H groups in total. The predicted octanol–water partition coefficient (Wildman–Crippen LogP) is -0.0871. The van der Waals surface area contributed by atoms with Crippen LogP contribution in [-0.4, -0.2) is 27.9 Å². The molecule has 0 saturated heterocycles. The molecule has 0 aliphatic heterocycles. The van der Waals surface area contributed by atoms with Gasteiger partial charge in [0, 0.05) is 13.8 Å². The summed E-state index contributed by atoms with van der Waals surface area (Å²) in [6, 6.07) is 0. The van der Waals surface area contributed by atoms with Crippen LogP contribution in [0.4, 0.5) is 0 Å². The summed E-state index contributed by atoms with van der Waals surface area (Å²) in [7, 11) is 0. The predicted molar refractivity (Wildman–Crippen MR) is 36.6 cm³/mol. The van der Waals surface area contributed by atoms with E-state index in [2.05, 4.69) is 0 Å². The van der Waals surface area contributed by atoms with Gasteiger partial charge in [0.1, 0.15) is 0 Å². The Kier molecular flexibility index (Phi) is 12.7. The van der Waals surface area contributed by atoms with Crippen LogP contribution in [0.2, 0.25) is 0 Å². The summed E-state index contributed by atoms with van der Waals surface area (Å²) < 4.78 is 0. The van der Waals surface area contributed by atoms with E-state index in [0.29, 0.717) is 0 Å². The Balaban J connectivity index is -0.000000114. The van der Waals surface area contributed by atoms with Gasteiger partial charge < -0.3 is 16.4 Å². The monoisotopic (exact) mass is 165 g/mol. The summed E-state index contributed by atoms with van der Waals surface area (Å²) in [5.74, 6) is -3.04. The molecule has 0 spiro atoms. The standard InChI is InChI=1S/C3H4O3.C2H4O2.H3N/c1-2(4)3(5)6;1-2(3)4;/h1H3,(H,5,6);1H3,(H,3,4);1H3. The zero-order valence-electron chi connectivity index (χ0n) is 6.33. The summed E-state index contributed by atoms with van der Waals surface area (Å²) in [5.41, 5.74) is 0. The van der Waals surface area contributed by atoms with Crippen molar-refractivity contribution in [2.45, 2.75) is 13.8 Å². The molecule has 0 aromatic heterocycles. The first-order valence-corrected chi connectivity index (χ1v) is 2.31. The molecule has 0 saturated carbocycles. The molecule has 0 amide bonds. The van der Waals surface area contributed by atoms with Crippen LogP contribution in [0.1, 0.15) is 13.8 Å². The van der Waals surface area contributed by atoms with Crippen LogP contribution in [0.5, 0.6) is 0 Å². The minimum Gasteiger partial charge on any atom is -0.481 e. The van der Waals surface area contributed by atoms with Crippen molar-refractivity contribution >= 4 is 17.7 Å². The van der Waals surface area contributed by atoms with Crippen molar-refractivity contribution < 1.29 is 24.6 Å². The Morgan fingerprint density at radius 2 is 1.09 bits per heavy atom. The molecule has 0 aliphatic rings. The van der Waals surface area contributed by atoms with Crippen LogP contribution in [0.25, 0.3) is 0 Å². The van der Waals surface area contributed by atoms with Gasteiger partial charge in [-0.05, 0) is 0 Å². The summed E-state index contributed by atoms with van der Waals surface area (Å²) in [5, 5.41) is 15.1. The number of ketones is 1. The zero-order chi connectivity index (χ0) is 8.73. The minimum atomic E-state index is -1.38. The second kappa shape index (κ2) is 8.57. The van der Waals surface area contributed by atoms with E-state index in [-0.39, 0.29) is 6.15 Å². The van der Waals surface area contributed by atoms with E-state index < -0.39 is 17.7 Å². The molecule has 0 bridgehead atoms. The highest BCUT2D eigenvalue weighted by molar-refractivity contribution is 6.31. The average Bonchev–Trinajstić information content (AvgIpc) is 1.63. The second-order valence-electron chi connectivity index (χ2n) is 1.38. The van der Waals surface area contributed by atoms with Crippen LogP contribution in [0.3, 0.4) is 0 Å². The van der Waals surface area contributed by atoms with Gasteiger partial charge in [0.2, 0.25) is 5.78 Å². The van der Waals surface area contributed by atoms with Crippen molar-refractivity contribution in [1.82, 2.24) is 6.15 Å². The Hall–Kier alpha value is -1.43. The minimum absolute atomic E-state index is 0. The zero-order valence-corrected chi connectivity index (χ0v) is 6.33. The van der Waals surface area contributed by atoms with Gasteiger partial charge in [-0.25, -0.2) is 4.79 Å². The average molecular weight is 165 g/mol. The number of rotatable bonds is 1.